The van der Waals surface area contributed by atoms with Gasteiger partial charge < -0.3 is 21.5 Å². The van der Waals surface area contributed by atoms with Gasteiger partial charge in [0.05, 0.1) is 19.2 Å². The van der Waals surface area contributed by atoms with Crippen molar-refractivity contribution in [3.63, 3.8) is 0 Å². The lowest BCUT2D eigenvalue weighted by Crippen LogP contribution is -2.45. The number of aliphatic hydroxyl groups excluding tert-OH is 1. The molecule has 2 amide bonds. The Morgan fingerprint density at radius 1 is 1.31 bits per heavy atom. The first kappa shape index (κ1) is 12.9. The summed E-state index contributed by atoms with van der Waals surface area (Å²) < 4.78 is 0. The second-order valence-corrected chi connectivity index (χ2v) is 4.07. The molecule has 1 aliphatic rings. The zero-order chi connectivity index (χ0) is 12.0. The van der Waals surface area contributed by atoms with Crippen LogP contribution < -0.4 is 16.4 Å². The van der Waals surface area contributed by atoms with E-state index in [-0.39, 0.29) is 37.0 Å². The molecule has 2 unspecified atom stereocenters. The van der Waals surface area contributed by atoms with E-state index in [0.717, 1.165) is 19.3 Å². The van der Waals surface area contributed by atoms with Crippen LogP contribution in [0.2, 0.25) is 0 Å². The molecule has 16 heavy (non-hydrogen) atoms. The van der Waals surface area contributed by atoms with Crippen LogP contribution in [0.1, 0.15) is 25.7 Å². The largest absolute Gasteiger partial charge is 0.393 e. The fourth-order valence-corrected chi connectivity index (χ4v) is 1.82. The van der Waals surface area contributed by atoms with E-state index in [1.807, 2.05) is 0 Å². The molecule has 0 aliphatic heterocycles. The van der Waals surface area contributed by atoms with Crippen LogP contribution in [0.4, 0.5) is 0 Å². The highest BCUT2D eigenvalue weighted by molar-refractivity contribution is 5.85. The molecule has 0 aromatic carbocycles. The molecule has 6 heteroatoms. The molecule has 5 N–H and O–H groups in total. The van der Waals surface area contributed by atoms with Crippen molar-refractivity contribution < 1.29 is 14.7 Å². The van der Waals surface area contributed by atoms with Crippen LogP contribution in [0.15, 0.2) is 0 Å². The third-order valence-corrected chi connectivity index (χ3v) is 2.64. The lowest BCUT2D eigenvalue weighted by atomic mass is 9.93. The van der Waals surface area contributed by atoms with Crippen LogP contribution in [0.25, 0.3) is 0 Å². The zero-order valence-electron chi connectivity index (χ0n) is 9.24. The number of amides is 2. The van der Waals surface area contributed by atoms with Crippen LogP contribution in [0.3, 0.4) is 0 Å². The third kappa shape index (κ3) is 4.59. The van der Waals surface area contributed by atoms with Crippen molar-refractivity contribution in [2.24, 2.45) is 5.73 Å². The molecule has 0 bridgehead atoms. The molecular formula is C10H19N3O3. The normalized spacial score (nSPS) is 24.9. The van der Waals surface area contributed by atoms with E-state index in [0.29, 0.717) is 6.42 Å². The highest BCUT2D eigenvalue weighted by atomic mass is 16.3. The molecule has 1 fully saturated rings. The minimum absolute atomic E-state index is 0.0195. The van der Waals surface area contributed by atoms with E-state index in [1.165, 1.54) is 0 Å². The maximum absolute atomic E-state index is 11.4. The Balaban J connectivity index is 2.20. The maximum Gasteiger partial charge on any atom is 0.239 e. The van der Waals surface area contributed by atoms with Crippen molar-refractivity contribution in [3.05, 3.63) is 0 Å². The first-order valence-electron chi connectivity index (χ1n) is 5.56. The highest BCUT2D eigenvalue weighted by Gasteiger charge is 2.21. The van der Waals surface area contributed by atoms with Gasteiger partial charge in [-0.05, 0) is 25.7 Å². The fraction of sp³-hybridized carbons (Fsp3) is 0.800. The number of nitrogens with two attached hydrogens (primary N) is 1. The first-order chi connectivity index (χ1) is 7.61. The quantitative estimate of drug-likeness (QED) is 0.470. The molecule has 0 heterocycles. The molecule has 0 spiro atoms. The van der Waals surface area contributed by atoms with Crippen molar-refractivity contribution in [1.82, 2.24) is 10.6 Å². The van der Waals surface area contributed by atoms with Gasteiger partial charge in [0.15, 0.2) is 0 Å². The molecule has 6 nitrogen and oxygen atoms in total. The summed E-state index contributed by atoms with van der Waals surface area (Å²) in [5.74, 6) is -0.584. The van der Waals surface area contributed by atoms with E-state index in [9.17, 15) is 14.7 Å². The Morgan fingerprint density at radius 2 is 2.06 bits per heavy atom. The van der Waals surface area contributed by atoms with Crippen LogP contribution >= 0.6 is 0 Å². The molecule has 0 aromatic rings. The Hall–Kier alpha value is -1.14. The number of rotatable bonds is 4. The van der Waals surface area contributed by atoms with Gasteiger partial charge in [0.1, 0.15) is 0 Å². The van der Waals surface area contributed by atoms with Gasteiger partial charge in [0.25, 0.3) is 0 Å². The van der Waals surface area contributed by atoms with Crippen LogP contribution in [0.5, 0.6) is 0 Å². The van der Waals surface area contributed by atoms with E-state index >= 15 is 0 Å². The molecule has 1 aliphatic carbocycles. The van der Waals surface area contributed by atoms with Crippen molar-refractivity contribution in [3.8, 4) is 0 Å². The lowest BCUT2D eigenvalue weighted by Gasteiger charge is -2.26. The summed E-state index contributed by atoms with van der Waals surface area (Å²) in [4.78, 5) is 22.2. The van der Waals surface area contributed by atoms with Crippen LogP contribution in [-0.2, 0) is 9.59 Å². The predicted molar refractivity (Wildman–Crippen MR) is 58.5 cm³/mol. The number of carbonyl (C=O) groups is 2. The molecule has 0 aromatic heterocycles. The molecule has 0 saturated heterocycles. The van der Waals surface area contributed by atoms with Gasteiger partial charge in [-0.15, -0.1) is 0 Å². The van der Waals surface area contributed by atoms with Crippen molar-refractivity contribution in [1.29, 1.82) is 0 Å². The molecule has 1 saturated carbocycles. The highest BCUT2D eigenvalue weighted by Crippen LogP contribution is 2.17. The second kappa shape index (κ2) is 6.44. The summed E-state index contributed by atoms with van der Waals surface area (Å²) in [6.45, 7) is -0.169. The maximum atomic E-state index is 11.4. The molecular weight excluding hydrogens is 210 g/mol. The number of aliphatic hydroxyl groups is 1. The van der Waals surface area contributed by atoms with Gasteiger partial charge in [0.2, 0.25) is 11.8 Å². The molecule has 1 rings (SSSR count). The van der Waals surface area contributed by atoms with Gasteiger partial charge in [-0.2, -0.15) is 0 Å². The zero-order valence-corrected chi connectivity index (χ0v) is 9.24. The Bertz CT molecular complexity index is 258. The minimum atomic E-state index is -0.348. The van der Waals surface area contributed by atoms with Crippen molar-refractivity contribution in [2.45, 2.75) is 37.8 Å². The van der Waals surface area contributed by atoms with Crippen molar-refractivity contribution >= 4 is 11.8 Å². The van der Waals surface area contributed by atoms with Gasteiger partial charge in [-0.3, -0.25) is 9.59 Å². The number of hydrogen-bond donors (Lipinski definition) is 4. The molecule has 2 atom stereocenters. The summed E-state index contributed by atoms with van der Waals surface area (Å²) in [5.41, 5.74) is 5.08. The summed E-state index contributed by atoms with van der Waals surface area (Å²) in [6.07, 6.45) is 2.87. The standard InChI is InChI=1S/C10H19N3O3/c11-5-9(15)12-6-10(16)13-7-2-1-3-8(14)4-7/h7-8,14H,1-6,11H2,(H,12,15)(H,13,16). The van der Waals surface area contributed by atoms with Crippen LogP contribution in [0, 0.1) is 0 Å². The average molecular weight is 229 g/mol. The number of hydrogen-bond acceptors (Lipinski definition) is 4. The number of nitrogens with one attached hydrogen (secondary N) is 2. The molecule has 0 radical (unpaired) electrons. The smallest absolute Gasteiger partial charge is 0.239 e. The Morgan fingerprint density at radius 3 is 2.69 bits per heavy atom. The topological polar surface area (TPSA) is 104 Å². The van der Waals surface area contributed by atoms with Crippen LogP contribution in [-0.4, -0.2) is 42.2 Å². The Kier molecular flexibility index (Phi) is 5.21. The van der Waals surface area contributed by atoms with Gasteiger partial charge in [-0.1, -0.05) is 0 Å². The Labute approximate surface area is 94.6 Å². The van der Waals surface area contributed by atoms with E-state index in [2.05, 4.69) is 10.6 Å². The third-order valence-electron chi connectivity index (χ3n) is 2.64. The van der Waals surface area contributed by atoms with E-state index in [1.54, 1.807) is 0 Å². The predicted octanol–water partition coefficient (Wildman–Crippen LogP) is -1.52. The minimum Gasteiger partial charge on any atom is -0.393 e. The summed E-state index contributed by atoms with van der Waals surface area (Å²) >= 11 is 0. The summed E-state index contributed by atoms with van der Waals surface area (Å²) in [6, 6.07) is 0.0195. The SMILES string of the molecule is NCC(=O)NCC(=O)NC1CCCC(O)C1. The van der Waals surface area contributed by atoms with Gasteiger partial charge >= 0.3 is 0 Å². The van der Waals surface area contributed by atoms with Gasteiger partial charge in [-0.25, -0.2) is 0 Å². The first-order valence-corrected chi connectivity index (χ1v) is 5.56. The van der Waals surface area contributed by atoms with E-state index < -0.39 is 0 Å². The fourth-order valence-electron chi connectivity index (χ4n) is 1.82. The summed E-state index contributed by atoms with van der Waals surface area (Å²) in [7, 11) is 0. The number of carbonyl (C=O) groups excluding carboxylic acids is 2. The monoisotopic (exact) mass is 229 g/mol. The lowest BCUT2D eigenvalue weighted by molar-refractivity contribution is -0.126. The van der Waals surface area contributed by atoms with E-state index in [4.69, 9.17) is 5.73 Å². The van der Waals surface area contributed by atoms with Crippen molar-refractivity contribution in [2.75, 3.05) is 13.1 Å². The average Bonchev–Trinajstić information content (AvgIpc) is 2.26. The van der Waals surface area contributed by atoms with Gasteiger partial charge in [0, 0.05) is 6.04 Å². The molecule has 92 valence electrons. The summed E-state index contributed by atoms with van der Waals surface area (Å²) in [5, 5.41) is 14.6. The second-order valence-electron chi connectivity index (χ2n) is 4.07.